The molecule has 0 N–H and O–H groups in total. The van der Waals surface area contributed by atoms with E-state index >= 15 is 0 Å². The zero-order chi connectivity index (χ0) is 20.9. The molecule has 2 aromatic rings. The fourth-order valence-electron chi connectivity index (χ4n) is 2.09. The van der Waals surface area contributed by atoms with Crippen molar-refractivity contribution < 1.29 is 35.8 Å². The Hall–Kier alpha value is -2.72. The molecule has 0 aliphatic carbocycles. The van der Waals surface area contributed by atoms with Gasteiger partial charge in [0.25, 0.3) is 0 Å². The average molecular weight is 409 g/mol. The van der Waals surface area contributed by atoms with Crippen LogP contribution in [0.15, 0.2) is 30.5 Å². The first-order chi connectivity index (χ1) is 13.0. The molecule has 1 heterocycles. The number of rotatable bonds is 7. The Kier molecular flexibility index (Phi) is 6.57. The Morgan fingerprint density at radius 2 is 1.79 bits per heavy atom. The molecule has 0 atom stereocenters. The van der Waals surface area contributed by atoms with E-state index in [0.717, 1.165) is 6.42 Å². The first kappa shape index (κ1) is 21.6. The van der Waals surface area contributed by atoms with Gasteiger partial charge >= 0.3 is 12.4 Å². The normalized spacial score (nSPS) is 12.0. The number of hydrogen-bond donors (Lipinski definition) is 0. The molecule has 0 radical (unpaired) electrons. The SMILES string of the molecule is CCCOc1cccc(N(C)c2ncc(C(F)(F)F)c(OCC(F)(F)F)n2)c1. The maximum absolute atomic E-state index is 13.0. The van der Waals surface area contributed by atoms with Gasteiger partial charge in [0.2, 0.25) is 11.8 Å². The minimum absolute atomic E-state index is 0.266. The van der Waals surface area contributed by atoms with Gasteiger partial charge in [-0.05, 0) is 18.6 Å². The van der Waals surface area contributed by atoms with Gasteiger partial charge in [-0.25, -0.2) is 4.98 Å². The van der Waals surface area contributed by atoms with Crippen LogP contribution in [0.2, 0.25) is 0 Å². The van der Waals surface area contributed by atoms with Crippen molar-refractivity contribution in [1.29, 1.82) is 0 Å². The molecule has 1 aromatic heterocycles. The Bertz CT molecular complexity index is 795. The van der Waals surface area contributed by atoms with E-state index in [4.69, 9.17) is 4.74 Å². The maximum atomic E-state index is 13.0. The zero-order valence-electron chi connectivity index (χ0n) is 14.9. The summed E-state index contributed by atoms with van der Waals surface area (Å²) in [5.74, 6) is -0.940. The average Bonchev–Trinajstić information content (AvgIpc) is 2.62. The number of halogens is 6. The molecule has 0 saturated carbocycles. The van der Waals surface area contributed by atoms with Gasteiger partial charge in [-0.15, -0.1) is 0 Å². The first-order valence-corrected chi connectivity index (χ1v) is 8.11. The maximum Gasteiger partial charge on any atom is 0.423 e. The van der Waals surface area contributed by atoms with Gasteiger partial charge in [-0.3, -0.25) is 0 Å². The summed E-state index contributed by atoms with van der Waals surface area (Å²) in [4.78, 5) is 8.46. The smallest absolute Gasteiger partial charge is 0.423 e. The zero-order valence-corrected chi connectivity index (χ0v) is 14.9. The molecular formula is C17H17F6N3O2. The molecule has 11 heteroatoms. The fourth-order valence-corrected chi connectivity index (χ4v) is 2.09. The van der Waals surface area contributed by atoms with E-state index < -0.39 is 30.4 Å². The highest BCUT2D eigenvalue weighted by Gasteiger charge is 2.38. The lowest BCUT2D eigenvalue weighted by Gasteiger charge is -2.20. The predicted molar refractivity (Wildman–Crippen MR) is 88.9 cm³/mol. The molecule has 28 heavy (non-hydrogen) atoms. The molecule has 154 valence electrons. The number of ether oxygens (including phenoxy) is 2. The van der Waals surface area contributed by atoms with E-state index in [1.807, 2.05) is 6.92 Å². The van der Waals surface area contributed by atoms with Gasteiger partial charge in [0.15, 0.2) is 6.61 Å². The minimum atomic E-state index is -4.97. The van der Waals surface area contributed by atoms with E-state index in [1.54, 1.807) is 24.3 Å². The largest absolute Gasteiger partial charge is 0.494 e. The van der Waals surface area contributed by atoms with Gasteiger partial charge in [-0.1, -0.05) is 13.0 Å². The second-order valence-corrected chi connectivity index (χ2v) is 5.70. The molecule has 0 saturated heterocycles. The second-order valence-electron chi connectivity index (χ2n) is 5.70. The third kappa shape index (κ3) is 5.89. The molecule has 0 aliphatic heterocycles. The summed E-state index contributed by atoms with van der Waals surface area (Å²) in [6.07, 6.45) is -8.61. The number of alkyl halides is 6. The van der Waals surface area contributed by atoms with E-state index in [9.17, 15) is 26.3 Å². The fraction of sp³-hybridized carbons (Fsp3) is 0.412. The molecule has 2 rings (SSSR count). The quantitative estimate of drug-likeness (QED) is 0.603. The standard InChI is InChI=1S/C17H17F6N3O2/c1-3-7-27-12-6-4-5-11(8-12)26(2)15-24-9-13(17(21,22)23)14(25-15)28-10-16(18,19)20/h4-6,8-9H,3,7,10H2,1-2H3. The molecule has 0 amide bonds. The Morgan fingerprint density at radius 3 is 2.39 bits per heavy atom. The van der Waals surface area contributed by atoms with Crippen molar-refractivity contribution in [3.63, 3.8) is 0 Å². The highest BCUT2D eigenvalue weighted by molar-refractivity contribution is 5.59. The Labute approximate surface area is 156 Å². The summed E-state index contributed by atoms with van der Waals surface area (Å²) in [6.45, 7) is 0.491. The monoisotopic (exact) mass is 409 g/mol. The Morgan fingerprint density at radius 1 is 1.07 bits per heavy atom. The molecule has 0 bridgehead atoms. The van der Waals surface area contributed by atoms with Gasteiger partial charge in [0.05, 0.1) is 6.61 Å². The van der Waals surface area contributed by atoms with Crippen LogP contribution in [-0.4, -0.2) is 36.4 Å². The van der Waals surface area contributed by atoms with E-state index in [2.05, 4.69) is 14.7 Å². The molecule has 0 fully saturated rings. The molecule has 0 unspecified atom stereocenters. The highest BCUT2D eigenvalue weighted by Crippen LogP contribution is 2.36. The lowest BCUT2D eigenvalue weighted by molar-refractivity contribution is -0.159. The number of hydrogen-bond acceptors (Lipinski definition) is 5. The van der Waals surface area contributed by atoms with Gasteiger partial charge in [0.1, 0.15) is 11.3 Å². The van der Waals surface area contributed by atoms with Crippen LogP contribution >= 0.6 is 0 Å². The lowest BCUT2D eigenvalue weighted by atomic mass is 10.3. The van der Waals surface area contributed by atoms with Gasteiger partial charge < -0.3 is 14.4 Å². The van der Waals surface area contributed by atoms with E-state index in [0.29, 0.717) is 24.2 Å². The van der Waals surface area contributed by atoms with Crippen molar-refractivity contribution in [1.82, 2.24) is 9.97 Å². The molecule has 0 spiro atoms. The predicted octanol–water partition coefficient (Wildman–Crippen LogP) is 4.99. The third-order valence-corrected chi connectivity index (χ3v) is 3.40. The van der Waals surface area contributed by atoms with E-state index in [-0.39, 0.29) is 5.95 Å². The van der Waals surface area contributed by atoms with Crippen LogP contribution in [0.25, 0.3) is 0 Å². The molecular weight excluding hydrogens is 392 g/mol. The Balaban J connectivity index is 2.34. The summed E-state index contributed by atoms with van der Waals surface area (Å²) in [5, 5.41) is 0. The summed E-state index contributed by atoms with van der Waals surface area (Å²) in [5.41, 5.74) is -1.02. The lowest BCUT2D eigenvalue weighted by Crippen LogP contribution is -2.23. The van der Waals surface area contributed by atoms with Crippen molar-refractivity contribution in [2.75, 3.05) is 25.2 Å². The van der Waals surface area contributed by atoms with Crippen LogP contribution in [0.3, 0.4) is 0 Å². The number of aromatic nitrogens is 2. The summed E-state index contributed by atoms with van der Waals surface area (Å²) in [7, 11) is 1.45. The van der Waals surface area contributed by atoms with E-state index in [1.165, 1.54) is 11.9 Å². The van der Waals surface area contributed by atoms with Crippen molar-refractivity contribution in [3.05, 3.63) is 36.0 Å². The molecule has 1 aromatic carbocycles. The van der Waals surface area contributed by atoms with Gasteiger partial charge in [-0.2, -0.15) is 31.3 Å². The number of anilines is 2. The van der Waals surface area contributed by atoms with Crippen LogP contribution in [0, 0.1) is 0 Å². The van der Waals surface area contributed by atoms with Crippen molar-refractivity contribution in [3.8, 4) is 11.6 Å². The first-order valence-electron chi connectivity index (χ1n) is 8.11. The van der Waals surface area contributed by atoms with Crippen LogP contribution < -0.4 is 14.4 Å². The second kappa shape index (κ2) is 8.53. The van der Waals surface area contributed by atoms with Gasteiger partial charge in [0, 0.05) is 25.0 Å². The molecule has 5 nitrogen and oxygen atoms in total. The van der Waals surface area contributed by atoms with Crippen molar-refractivity contribution in [2.24, 2.45) is 0 Å². The summed E-state index contributed by atoms with van der Waals surface area (Å²) < 4.78 is 85.9. The van der Waals surface area contributed by atoms with Crippen molar-refractivity contribution in [2.45, 2.75) is 25.7 Å². The van der Waals surface area contributed by atoms with Crippen LogP contribution in [0.5, 0.6) is 11.6 Å². The van der Waals surface area contributed by atoms with Crippen molar-refractivity contribution >= 4 is 11.6 Å². The summed E-state index contributed by atoms with van der Waals surface area (Å²) >= 11 is 0. The third-order valence-electron chi connectivity index (χ3n) is 3.40. The number of benzene rings is 1. The van der Waals surface area contributed by atoms with Crippen LogP contribution in [0.4, 0.5) is 38.0 Å². The molecule has 0 aliphatic rings. The number of nitrogens with zero attached hydrogens (tertiary/aromatic N) is 3. The highest BCUT2D eigenvalue weighted by atomic mass is 19.4. The minimum Gasteiger partial charge on any atom is -0.494 e. The van der Waals surface area contributed by atoms with Crippen LogP contribution in [-0.2, 0) is 6.18 Å². The van der Waals surface area contributed by atoms with Crippen LogP contribution in [0.1, 0.15) is 18.9 Å². The topological polar surface area (TPSA) is 47.5 Å². The summed E-state index contributed by atoms with van der Waals surface area (Å²) in [6, 6.07) is 6.57.